The summed E-state index contributed by atoms with van der Waals surface area (Å²) in [5, 5.41) is 0. The second-order valence-corrected chi connectivity index (χ2v) is 10.5. The van der Waals surface area contributed by atoms with Gasteiger partial charge in [0.2, 0.25) is 0 Å². The molecule has 0 bridgehead atoms. The van der Waals surface area contributed by atoms with E-state index in [1.54, 1.807) is 0 Å². The number of unbranched alkanes of at least 4 members (excludes halogenated alkanes) is 5. The van der Waals surface area contributed by atoms with Crippen LogP contribution in [0.3, 0.4) is 0 Å². The van der Waals surface area contributed by atoms with E-state index in [0.29, 0.717) is 0 Å². The Hall–Kier alpha value is 0.500. The van der Waals surface area contributed by atoms with Crippen molar-refractivity contribution >= 4 is 18.6 Å². The van der Waals surface area contributed by atoms with Gasteiger partial charge in [-0.2, -0.15) is 0 Å². The lowest BCUT2D eigenvalue weighted by Crippen LogP contribution is -1.92. The molecule has 0 aromatic heterocycles. The van der Waals surface area contributed by atoms with E-state index in [0.717, 1.165) is 0 Å². The maximum absolute atomic E-state index is 8.56. The molecule has 0 rings (SSSR count). The van der Waals surface area contributed by atoms with Gasteiger partial charge in [-0.3, -0.25) is 0 Å². The van der Waals surface area contributed by atoms with Crippen LogP contribution in [-0.4, -0.2) is 39.5 Å². The molecule has 3 nitrogen and oxygen atoms in total. The fourth-order valence-electron chi connectivity index (χ4n) is 1.37. The van der Waals surface area contributed by atoms with Crippen LogP contribution in [0.2, 0.25) is 0 Å². The monoisotopic (exact) mass is 270 g/mol. The van der Waals surface area contributed by atoms with Crippen LogP contribution in [-0.2, 0) is 11.4 Å². The smallest absolute Gasteiger partial charge is 0.0814 e. The third-order valence-electron chi connectivity index (χ3n) is 2.18. The largest absolute Gasteiger partial charge is 0.750 e. The van der Waals surface area contributed by atoms with E-state index < -0.39 is 18.6 Å². The first-order valence-electron chi connectivity index (χ1n) is 5.88. The first-order chi connectivity index (χ1) is 7.29. The summed E-state index contributed by atoms with van der Waals surface area (Å²) in [7, 11) is -0.471. The van der Waals surface area contributed by atoms with E-state index in [2.05, 4.69) is 26.9 Å². The number of hydrogen-bond acceptors (Lipinski definition) is 2. The molecule has 0 spiro atoms. The van der Waals surface area contributed by atoms with Gasteiger partial charge in [-0.05, 0) is 12.8 Å². The Morgan fingerprint density at radius 2 is 1.44 bits per heavy atom. The van der Waals surface area contributed by atoms with Gasteiger partial charge < -0.3 is 9.11 Å². The Labute approximate surface area is 104 Å². The van der Waals surface area contributed by atoms with Crippen LogP contribution in [0.25, 0.3) is 0 Å². The summed E-state index contributed by atoms with van der Waals surface area (Å²) in [4.78, 5) is 0. The van der Waals surface area contributed by atoms with Crippen LogP contribution in [0.4, 0.5) is 0 Å². The minimum atomic E-state index is -2.86. The summed E-state index contributed by atoms with van der Waals surface area (Å²) in [6.45, 7) is 9.61. The van der Waals surface area contributed by atoms with Gasteiger partial charge in [-0.1, -0.05) is 32.6 Å². The van der Waals surface area contributed by atoms with Crippen molar-refractivity contribution in [1.29, 1.82) is 0 Å². The fourth-order valence-corrected chi connectivity index (χ4v) is 2.54. The maximum atomic E-state index is 8.56. The molecule has 0 amide bonds. The topological polar surface area (TPSA) is 60.4 Å². The summed E-state index contributed by atoms with van der Waals surface area (Å²) >= 11 is -2.86. The zero-order valence-corrected chi connectivity index (χ0v) is 12.8. The van der Waals surface area contributed by atoms with E-state index in [1.165, 1.54) is 44.7 Å². The van der Waals surface area contributed by atoms with Crippen molar-refractivity contribution in [2.24, 2.45) is 0 Å². The van der Waals surface area contributed by atoms with Crippen molar-refractivity contribution in [3.05, 3.63) is 0 Å². The van der Waals surface area contributed by atoms with Gasteiger partial charge in [0.05, 0.1) is 17.5 Å². The average Bonchev–Trinajstić information content (AvgIpc) is 2.08. The van der Waals surface area contributed by atoms with Gasteiger partial charge >= 0.3 is 0 Å². The number of rotatable bonds is 7. The molecular weight excluding hydrogens is 243 g/mol. The van der Waals surface area contributed by atoms with Crippen molar-refractivity contribution < 1.29 is 13.3 Å². The van der Waals surface area contributed by atoms with Crippen molar-refractivity contribution in [3.8, 4) is 0 Å². The first kappa shape index (κ1) is 18.9. The van der Waals surface area contributed by atoms with E-state index in [1.807, 2.05) is 0 Å². The van der Waals surface area contributed by atoms with Gasteiger partial charge in [-0.15, -0.1) is 0 Å². The van der Waals surface area contributed by atoms with E-state index in [-0.39, 0.29) is 0 Å². The maximum Gasteiger partial charge on any atom is 0.0814 e. The van der Waals surface area contributed by atoms with E-state index >= 15 is 0 Å². The Balaban J connectivity index is 0. The molecule has 0 fully saturated rings. The molecule has 0 saturated carbocycles. The first-order valence-corrected chi connectivity index (χ1v) is 10.2. The Morgan fingerprint density at radius 3 is 1.81 bits per heavy atom. The normalized spacial score (nSPS) is 12.9. The molecule has 0 aliphatic rings. The molecule has 0 aromatic rings. The zero-order chi connectivity index (χ0) is 13.0. The van der Waals surface area contributed by atoms with Crippen LogP contribution in [0, 0.1) is 0 Å². The molecule has 1 atom stereocenters. The summed E-state index contributed by atoms with van der Waals surface area (Å²) in [6.07, 6.45) is 10.2. The molecule has 0 saturated heterocycles. The van der Waals surface area contributed by atoms with Crippen molar-refractivity contribution in [2.45, 2.75) is 45.4 Å². The van der Waals surface area contributed by atoms with Crippen LogP contribution < -0.4 is 0 Å². The van der Waals surface area contributed by atoms with Crippen molar-refractivity contribution in [3.63, 3.8) is 0 Å². The third kappa shape index (κ3) is 29.3. The molecule has 16 heavy (non-hydrogen) atoms. The molecule has 1 N–H and O–H groups in total. The minimum Gasteiger partial charge on any atom is -0.750 e. The minimum absolute atomic E-state index is 0.471. The molecule has 1 unspecified atom stereocenters. The fraction of sp³-hybridized carbons (Fsp3) is 1.00. The standard InChI is InChI=1S/C11H26P.H2O3S/c1-5-6-7-8-9-10-11-12(2,3)4;1-4(2)3/h5-11H2,1-4H3;(H2,1,2,3)/q+1;/p-1. The SMILES string of the molecule is CCCCCCCC[P+](C)(C)C.O=S([O-])O. The van der Waals surface area contributed by atoms with Gasteiger partial charge in [-0.25, -0.2) is 4.21 Å². The second-order valence-electron chi connectivity index (χ2n) is 5.00. The van der Waals surface area contributed by atoms with Crippen LogP contribution in [0.15, 0.2) is 0 Å². The van der Waals surface area contributed by atoms with Crippen LogP contribution >= 0.6 is 7.26 Å². The second kappa shape index (κ2) is 12.0. The molecule has 0 heterocycles. The highest BCUT2D eigenvalue weighted by Gasteiger charge is 2.15. The van der Waals surface area contributed by atoms with Gasteiger partial charge in [0.25, 0.3) is 0 Å². The summed E-state index contributed by atoms with van der Waals surface area (Å²) < 4.78 is 24.1. The molecule has 0 aromatic carbocycles. The lowest BCUT2D eigenvalue weighted by Gasteiger charge is -2.10. The van der Waals surface area contributed by atoms with Gasteiger partial charge in [0.15, 0.2) is 0 Å². The highest BCUT2D eigenvalue weighted by molar-refractivity contribution is 7.73. The predicted molar refractivity (Wildman–Crippen MR) is 74.5 cm³/mol. The molecule has 100 valence electrons. The molecule has 0 radical (unpaired) electrons. The number of hydrogen-bond donors (Lipinski definition) is 1. The third-order valence-corrected chi connectivity index (χ3v) is 3.84. The molecular formula is C11H27O3PS. The summed E-state index contributed by atoms with van der Waals surface area (Å²) in [6, 6.07) is 0. The molecule has 5 heteroatoms. The summed E-state index contributed by atoms with van der Waals surface area (Å²) in [5.41, 5.74) is 0. The van der Waals surface area contributed by atoms with Crippen LogP contribution in [0.1, 0.15) is 45.4 Å². The van der Waals surface area contributed by atoms with Crippen molar-refractivity contribution in [2.75, 3.05) is 26.2 Å². The van der Waals surface area contributed by atoms with E-state index in [9.17, 15) is 0 Å². The lowest BCUT2D eigenvalue weighted by molar-refractivity contribution is 0.436. The predicted octanol–water partition coefficient (Wildman–Crippen LogP) is 3.59. The van der Waals surface area contributed by atoms with Gasteiger partial charge in [0.1, 0.15) is 0 Å². The Kier molecular flexibility index (Phi) is 14.1. The average molecular weight is 270 g/mol. The highest BCUT2D eigenvalue weighted by atomic mass is 32.2. The summed E-state index contributed by atoms with van der Waals surface area (Å²) in [5.74, 6) is 0. The van der Waals surface area contributed by atoms with Gasteiger partial charge in [0, 0.05) is 27.3 Å². The molecule has 0 aliphatic heterocycles. The highest BCUT2D eigenvalue weighted by Crippen LogP contribution is 2.47. The van der Waals surface area contributed by atoms with Crippen molar-refractivity contribution in [1.82, 2.24) is 0 Å². The lowest BCUT2D eigenvalue weighted by atomic mass is 10.1. The molecule has 0 aliphatic carbocycles. The Morgan fingerprint density at radius 1 is 1.06 bits per heavy atom. The van der Waals surface area contributed by atoms with E-state index in [4.69, 9.17) is 13.3 Å². The quantitative estimate of drug-likeness (QED) is 0.437. The van der Waals surface area contributed by atoms with Crippen LogP contribution in [0.5, 0.6) is 0 Å². The Bertz CT molecular complexity index is 165. The zero-order valence-electron chi connectivity index (χ0n) is 11.1.